The maximum absolute atomic E-state index is 13.1. The van der Waals surface area contributed by atoms with E-state index in [-0.39, 0.29) is 42.2 Å². The van der Waals surface area contributed by atoms with E-state index >= 15 is 0 Å². The lowest BCUT2D eigenvalue weighted by Gasteiger charge is -2.15. The summed E-state index contributed by atoms with van der Waals surface area (Å²) in [5.74, 6) is 0.360. The molecular weight excluding hydrogens is 478 g/mol. The molecule has 1 heterocycles. The van der Waals surface area contributed by atoms with Gasteiger partial charge < -0.3 is 16.0 Å². The Morgan fingerprint density at radius 1 is 1.26 bits per heavy atom. The van der Waals surface area contributed by atoms with Crippen molar-refractivity contribution in [1.82, 2.24) is 10.6 Å². The van der Waals surface area contributed by atoms with Crippen LogP contribution in [0, 0.1) is 11.7 Å². The van der Waals surface area contributed by atoms with Gasteiger partial charge in [-0.3, -0.25) is 4.79 Å². The fourth-order valence-electron chi connectivity index (χ4n) is 2.37. The van der Waals surface area contributed by atoms with Gasteiger partial charge in [-0.25, -0.2) is 9.38 Å². The standard InChI is InChI=1S/C19H25FN4OS.HI/c1-3-21-19(22-12-14(2)10-17-8-5-9-26-17)23-13-18(25)24-16-7-4-6-15(20)11-16;/h4-9,11,14H,3,10,12-13H2,1-2H3,(H,24,25)(H2,21,22,23);1H. The molecule has 3 N–H and O–H groups in total. The summed E-state index contributed by atoms with van der Waals surface area (Å²) in [6.07, 6.45) is 1.00. The molecule has 8 heteroatoms. The molecule has 2 rings (SSSR count). The Morgan fingerprint density at radius 2 is 2.07 bits per heavy atom. The molecule has 0 fully saturated rings. The van der Waals surface area contributed by atoms with Crippen LogP contribution in [0.2, 0.25) is 0 Å². The Hall–Kier alpha value is -1.68. The molecule has 0 bridgehead atoms. The van der Waals surface area contributed by atoms with E-state index in [4.69, 9.17) is 0 Å². The molecule has 5 nitrogen and oxygen atoms in total. The normalized spacial score (nSPS) is 12.0. The number of anilines is 1. The van der Waals surface area contributed by atoms with Crippen LogP contribution in [-0.2, 0) is 11.2 Å². The molecule has 1 aromatic carbocycles. The maximum Gasteiger partial charge on any atom is 0.246 e. The molecule has 0 radical (unpaired) electrons. The molecule has 2 aromatic rings. The van der Waals surface area contributed by atoms with Crippen LogP contribution in [0.1, 0.15) is 18.7 Å². The first-order valence-electron chi connectivity index (χ1n) is 8.66. The van der Waals surface area contributed by atoms with E-state index in [1.54, 1.807) is 23.5 Å². The third-order valence-corrected chi connectivity index (χ3v) is 4.48. The first-order chi connectivity index (χ1) is 12.6. The van der Waals surface area contributed by atoms with Gasteiger partial charge in [-0.15, -0.1) is 35.3 Å². The second-order valence-corrected chi connectivity index (χ2v) is 7.06. The third kappa shape index (κ3) is 9.18. The quantitative estimate of drug-likeness (QED) is 0.291. The van der Waals surface area contributed by atoms with Gasteiger partial charge in [0.25, 0.3) is 0 Å². The van der Waals surface area contributed by atoms with Crippen molar-refractivity contribution in [1.29, 1.82) is 0 Å². The van der Waals surface area contributed by atoms with E-state index in [9.17, 15) is 9.18 Å². The predicted molar refractivity (Wildman–Crippen MR) is 122 cm³/mol. The minimum Gasteiger partial charge on any atom is -0.357 e. The average molecular weight is 504 g/mol. The molecule has 0 aliphatic rings. The number of nitrogens with zero attached hydrogens (tertiary/aromatic N) is 1. The molecule has 0 spiro atoms. The van der Waals surface area contributed by atoms with E-state index in [0.29, 0.717) is 24.1 Å². The van der Waals surface area contributed by atoms with Crippen LogP contribution in [0.15, 0.2) is 46.8 Å². The van der Waals surface area contributed by atoms with Gasteiger partial charge >= 0.3 is 0 Å². The largest absolute Gasteiger partial charge is 0.357 e. The number of nitrogens with one attached hydrogen (secondary N) is 3. The third-order valence-electron chi connectivity index (χ3n) is 3.58. The van der Waals surface area contributed by atoms with Crippen LogP contribution in [0.4, 0.5) is 10.1 Å². The first-order valence-corrected chi connectivity index (χ1v) is 9.54. The molecule has 1 aromatic heterocycles. The van der Waals surface area contributed by atoms with Crippen LogP contribution in [0.3, 0.4) is 0 Å². The fraction of sp³-hybridized carbons (Fsp3) is 0.368. The maximum atomic E-state index is 13.1. The highest BCUT2D eigenvalue weighted by molar-refractivity contribution is 14.0. The van der Waals surface area contributed by atoms with Crippen molar-refractivity contribution in [3.05, 3.63) is 52.5 Å². The van der Waals surface area contributed by atoms with Gasteiger partial charge in [0, 0.05) is 23.7 Å². The molecule has 0 saturated carbocycles. The highest BCUT2D eigenvalue weighted by Crippen LogP contribution is 2.13. The highest BCUT2D eigenvalue weighted by Gasteiger charge is 2.07. The zero-order valence-electron chi connectivity index (χ0n) is 15.5. The smallest absolute Gasteiger partial charge is 0.246 e. The summed E-state index contributed by atoms with van der Waals surface area (Å²) in [6.45, 7) is 5.57. The Morgan fingerprint density at radius 3 is 2.74 bits per heavy atom. The lowest BCUT2D eigenvalue weighted by atomic mass is 10.1. The lowest BCUT2D eigenvalue weighted by Crippen LogP contribution is -2.40. The van der Waals surface area contributed by atoms with Crippen molar-refractivity contribution in [3.8, 4) is 0 Å². The number of rotatable bonds is 8. The number of hydrogen-bond acceptors (Lipinski definition) is 3. The van der Waals surface area contributed by atoms with Crippen LogP contribution in [0.25, 0.3) is 0 Å². The molecular formula is C19H26FIN4OS. The van der Waals surface area contributed by atoms with E-state index in [1.807, 2.05) is 6.92 Å². The summed E-state index contributed by atoms with van der Waals surface area (Å²) in [6, 6.07) is 9.99. The Labute approximate surface area is 180 Å². The van der Waals surface area contributed by atoms with Crippen LogP contribution < -0.4 is 16.0 Å². The lowest BCUT2D eigenvalue weighted by molar-refractivity contribution is -0.114. The van der Waals surface area contributed by atoms with E-state index in [2.05, 4.69) is 45.4 Å². The minimum atomic E-state index is -0.388. The second-order valence-electron chi connectivity index (χ2n) is 6.02. The predicted octanol–water partition coefficient (Wildman–Crippen LogP) is 3.88. The number of aliphatic imine (C=N–C) groups is 1. The molecule has 27 heavy (non-hydrogen) atoms. The molecule has 1 amide bonds. The number of carbonyl (C=O) groups excluding carboxylic acids is 1. The van der Waals surface area contributed by atoms with Gasteiger partial charge in [0.2, 0.25) is 5.91 Å². The monoisotopic (exact) mass is 504 g/mol. The zero-order chi connectivity index (χ0) is 18.8. The highest BCUT2D eigenvalue weighted by atomic mass is 127. The minimum absolute atomic E-state index is 0. The summed E-state index contributed by atoms with van der Waals surface area (Å²) >= 11 is 1.76. The van der Waals surface area contributed by atoms with Gasteiger partial charge in [-0.05, 0) is 48.9 Å². The summed E-state index contributed by atoms with van der Waals surface area (Å²) in [5.41, 5.74) is 0.424. The summed E-state index contributed by atoms with van der Waals surface area (Å²) in [7, 11) is 0. The van der Waals surface area contributed by atoms with E-state index < -0.39 is 0 Å². The summed E-state index contributed by atoms with van der Waals surface area (Å²) < 4.78 is 13.1. The number of amides is 1. The molecule has 0 aliphatic heterocycles. The van der Waals surface area contributed by atoms with Crippen molar-refractivity contribution in [3.63, 3.8) is 0 Å². The first kappa shape index (κ1) is 23.4. The van der Waals surface area contributed by atoms with Gasteiger partial charge in [-0.2, -0.15) is 0 Å². The number of thiophene rings is 1. The van der Waals surface area contributed by atoms with Crippen molar-refractivity contribution in [2.24, 2.45) is 10.9 Å². The van der Waals surface area contributed by atoms with Crippen molar-refractivity contribution in [2.45, 2.75) is 20.3 Å². The second kappa shape index (κ2) is 12.7. The number of carbonyl (C=O) groups is 1. The number of halogens is 2. The van der Waals surface area contributed by atoms with Gasteiger partial charge in [0.15, 0.2) is 5.96 Å². The Balaban J connectivity index is 0.00000364. The number of hydrogen-bond donors (Lipinski definition) is 3. The van der Waals surface area contributed by atoms with Gasteiger partial charge in [0.05, 0.1) is 0 Å². The van der Waals surface area contributed by atoms with Crippen molar-refractivity contribution in [2.75, 3.05) is 25.0 Å². The van der Waals surface area contributed by atoms with Crippen LogP contribution >= 0.6 is 35.3 Å². The summed E-state index contributed by atoms with van der Waals surface area (Å²) in [4.78, 5) is 17.6. The Bertz CT molecular complexity index is 724. The molecule has 1 atom stereocenters. The number of guanidine groups is 1. The SMILES string of the molecule is CCNC(=NCC(=O)Nc1cccc(F)c1)NCC(C)Cc1cccs1.I. The van der Waals surface area contributed by atoms with Gasteiger partial charge in [0.1, 0.15) is 12.4 Å². The van der Waals surface area contributed by atoms with E-state index in [0.717, 1.165) is 13.0 Å². The fourth-order valence-corrected chi connectivity index (χ4v) is 3.24. The zero-order valence-corrected chi connectivity index (χ0v) is 18.6. The van der Waals surface area contributed by atoms with Gasteiger partial charge in [-0.1, -0.05) is 19.1 Å². The average Bonchev–Trinajstić information content (AvgIpc) is 3.10. The van der Waals surface area contributed by atoms with Crippen LogP contribution in [-0.4, -0.2) is 31.5 Å². The van der Waals surface area contributed by atoms with Crippen LogP contribution in [0.5, 0.6) is 0 Å². The summed E-state index contributed by atoms with van der Waals surface area (Å²) in [5, 5.41) is 11.1. The molecule has 0 saturated heterocycles. The van der Waals surface area contributed by atoms with Crippen molar-refractivity contribution < 1.29 is 9.18 Å². The number of benzene rings is 1. The Kier molecular flexibility index (Phi) is 11.0. The molecule has 1 unspecified atom stereocenters. The van der Waals surface area contributed by atoms with E-state index in [1.165, 1.54) is 17.0 Å². The topological polar surface area (TPSA) is 65.5 Å². The molecule has 148 valence electrons. The molecule has 0 aliphatic carbocycles. The van der Waals surface area contributed by atoms with Crippen molar-refractivity contribution >= 4 is 52.9 Å².